The number of hydrogen-bond donors (Lipinski definition) is 1. The summed E-state index contributed by atoms with van der Waals surface area (Å²) in [4.78, 5) is 10.6. The molecule has 1 atom stereocenters. The molecule has 254 valence electrons. The molecule has 0 bridgehead atoms. The van der Waals surface area contributed by atoms with Gasteiger partial charge in [0.25, 0.3) is 0 Å². The second-order valence-electron chi connectivity index (χ2n) is 13.7. The van der Waals surface area contributed by atoms with Crippen molar-refractivity contribution in [2.24, 2.45) is 9.98 Å². The molecule has 0 radical (unpaired) electrons. The van der Waals surface area contributed by atoms with Crippen molar-refractivity contribution >= 4 is 66.3 Å². The van der Waals surface area contributed by atoms with Crippen LogP contribution >= 0.6 is 0 Å². The van der Waals surface area contributed by atoms with Gasteiger partial charge in [0.15, 0.2) is 5.84 Å². The number of aliphatic imine (C=N–C) groups is 2. The van der Waals surface area contributed by atoms with Gasteiger partial charge in [-0.1, -0.05) is 140 Å². The summed E-state index contributed by atoms with van der Waals surface area (Å²) in [5, 5.41) is 10.3. The minimum absolute atomic E-state index is 0.455. The summed E-state index contributed by atoms with van der Waals surface area (Å²) >= 11 is 0. The molecule has 0 fully saturated rings. The molecular formula is C49H31N3O2. The number of benzene rings is 8. The smallest absolute Gasteiger partial charge is 0.159 e. The highest BCUT2D eigenvalue weighted by Gasteiger charge is 2.26. The lowest BCUT2D eigenvalue weighted by molar-refractivity contribution is 0.662. The van der Waals surface area contributed by atoms with Gasteiger partial charge in [0.2, 0.25) is 0 Å². The summed E-state index contributed by atoms with van der Waals surface area (Å²) in [6.07, 6.45) is -0.455. The summed E-state index contributed by atoms with van der Waals surface area (Å²) in [6.45, 7) is 0. The van der Waals surface area contributed by atoms with E-state index in [0.29, 0.717) is 5.84 Å². The first kappa shape index (κ1) is 30.4. The van der Waals surface area contributed by atoms with Gasteiger partial charge in [0, 0.05) is 38.2 Å². The first-order valence-corrected chi connectivity index (χ1v) is 18.2. The molecule has 0 aliphatic carbocycles. The summed E-state index contributed by atoms with van der Waals surface area (Å²) in [5.41, 5.74) is 10.8. The largest absolute Gasteiger partial charge is 0.456 e. The van der Waals surface area contributed by atoms with E-state index in [4.69, 9.17) is 18.8 Å². The maximum atomic E-state index is 6.62. The third kappa shape index (κ3) is 4.94. The van der Waals surface area contributed by atoms with Gasteiger partial charge in [0.05, 0.1) is 0 Å². The van der Waals surface area contributed by atoms with E-state index in [-0.39, 0.29) is 0 Å². The van der Waals surface area contributed by atoms with Crippen LogP contribution in [0.2, 0.25) is 0 Å². The number of rotatable bonds is 5. The Kier molecular flexibility index (Phi) is 6.85. The molecule has 54 heavy (non-hydrogen) atoms. The SMILES string of the molecule is c1ccc(-c2cccc(C3=NC(c4cccc5oc6cc(-c7cccc8ccccc78)ccc6c45)NC(c4cccc5oc6ccccc6c45)=N3)c2)cc1. The quantitative estimate of drug-likeness (QED) is 0.195. The summed E-state index contributed by atoms with van der Waals surface area (Å²) in [5.74, 6) is 1.38. The maximum absolute atomic E-state index is 6.62. The Morgan fingerprint density at radius 1 is 0.426 bits per heavy atom. The summed E-state index contributed by atoms with van der Waals surface area (Å²) in [7, 11) is 0. The minimum atomic E-state index is -0.455. The molecule has 10 aromatic rings. The first-order chi connectivity index (χ1) is 26.7. The van der Waals surface area contributed by atoms with Crippen LogP contribution in [-0.4, -0.2) is 11.7 Å². The molecule has 11 rings (SSSR count). The van der Waals surface area contributed by atoms with Crippen molar-refractivity contribution in [1.82, 2.24) is 5.32 Å². The van der Waals surface area contributed by atoms with E-state index in [1.165, 1.54) is 16.3 Å². The Bertz CT molecular complexity index is 3150. The van der Waals surface area contributed by atoms with Gasteiger partial charge in [0.1, 0.15) is 34.3 Å². The Hall–Kier alpha value is -7.24. The van der Waals surface area contributed by atoms with E-state index in [1.807, 2.05) is 48.5 Å². The molecule has 1 aliphatic rings. The molecule has 3 heterocycles. The molecule has 1 unspecified atom stereocenters. The van der Waals surface area contributed by atoms with Crippen molar-refractivity contribution < 1.29 is 8.83 Å². The molecule has 0 spiro atoms. The normalized spacial score (nSPS) is 14.5. The molecule has 1 aliphatic heterocycles. The Morgan fingerprint density at radius 3 is 2.00 bits per heavy atom. The van der Waals surface area contributed by atoms with Crippen LogP contribution < -0.4 is 5.32 Å². The van der Waals surface area contributed by atoms with Crippen LogP contribution in [0.1, 0.15) is 22.9 Å². The van der Waals surface area contributed by atoms with Crippen molar-refractivity contribution in [3.8, 4) is 22.3 Å². The Balaban J connectivity index is 1.09. The van der Waals surface area contributed by atoms with Crippen LogP contribution in [0.25, 0.3) is 76.9 Å². The van der Waals surface area contributed by atoms with Crippen molar-refractivity contribution in [3.05, 3.63) is 193 Å². The molecular weight excluding hydrogens is 663 g/mol. The molecule has 1 N–H and O–H groups in total. The van der Waals surface area contributed by atoms with E-state index in [1.54, 1.807) is 0 Å². The lowest BCUT2D eigenvalue weighted by Gasteiger charge is -2.24. The van der Waals surface area contributed by atoms with Gasteiger partial charge in [-0.15, -0.1) is 0 Å². The molecule has 5 nitrogen and oxygen atoms in total. The van der Waals surface area contributed by atoms with Crippen molar-refractivity contribution in [2.45, 2.75) is 6.17 Å². The second-order valence-corrected chi connectivity index (χ2v) is 13.7. The van der Waals surface area contributed by atoms with Gasteiger partial charge in [-0.3, -0.25) is 0 Å². The first-order valence-electron chi connectivity index (χ1n) is 18.2. The van der Waals surface area contributed by atoms with E-state index in [2.05, 4.69) is 133 Å². The topological polar surface area (TPSA) is 63.0 Å². The molecule has 0 saturated heterocycles. The molecule has 5 heteroatoms. The van der Waals surface area contributed by atoms with Crippen molar-refractivity contribution in [2.75, 3.05) is 0 Å². The second kappa shape index (κ2) is 12.2. The zero-order valence-corrected chi connectivity index (χ0v) is 29.0. The number of para-hydroxylation sites is 1. The van der Waals surface area contributed by atoms with Crippen LogP contribution in [0.3, 0.4) is 0 Å². The Morgan fingerprint density at radius 2 is 1.07 bits per heavy atom. The average molecular weight is 694 g/mol. The zero-order valence-electron chi connectivity index (χ0n) is 29.0. The fraction of sp³-hybridized carbons (Fsp3) is 0.0204. The number of nitrogens with zero attached hydrogens (tertiary/aromatic N) is 2. The predicted octanol–water partition coefficient (Wildman–Crippen LogP) is 12.5. The zero-order chi connectivity index (χ0) is 35.6. The monoisotopic (exact) mass is 693 g/mol. The highest BCUT2D eigenvalue weighted by molar-refractivity contribution is 6.22. The number of hydrogen-bond acceptors (Lipinski definition) is 5. The predicted molar refractivity (Wildman–Crippen MR) is 221 cm³/mol. The van der Waals surface area contributed by atoms with Crippen LogP contribution in [0.15, 0.2) is 195 Å². The lowest BCUT2D eigenvalue weighted by atomic mass is 9.96. The Labute approximate surface area is 310 Å². The molecule has 2 aromatic heterocycles. The van der Waals surface area contributed by atoms with Crippen LogP contribution in [-0.2, 0) is 0 Å². The third-order valence-corrected chi connectivity index (χ3v) is 10.6. The maximum Gasteiger partial charge on any atom is 0.159 e. The van der Waals surface area contributed by atoms with Gasteiger partial charge in [-0.25, -0.2) is 9.98 Å². The van der Waals surface area contributed by atoms with E-state index in [9.17, 15) is 0 Å². The van der Waals surface area contributed by atoms with Crippen molar-refractivity contribution in [1.29, 1.82) is 0 Å². The van der Waals surface area contributed by atoms with Gasteiger partial charge >= 0.3 is 0 Å². The lowest BCUT2D eigenvalue weighted by Crippen LogP contribution is -2.33. The average Bonchev–Trinajstić information content (AvgIpc) is 3.82. The third-order valence-electron chi connectivity index (χ3n) is 10.6. The highest BCUT2D eigenvalue weighted by atomic mass is 16.3. The fourth-order valence-electron chi connectivity index (χ4n) is 8.04. The molecule has 8 aromatic carbocycles. The van der Waals surface area contributed by atoms with Gasteiger partial charge in [-0.2, -0.15) is 0 Å². The molecule has 0 saturated carbocycles. The number of amidine groups is 2. The van der Waals surface area contributed by atoms with E-state index >= 15 is 0 Å². The standard InChI is InChI=1S/C49H31N3O2/c1-2-12-30(13-3-1)32-16-8-17-34(28-32)47-50-48(39-21-10-24-42-45(39)37-19-6-7-23-41(37)53-42)52-49(51-47)40-22-11-25-43-46(40)38-27-26-33(29-44(38)54-43)36-20-9-15-31-14-4-5-18-35(31)36/h1-29,49H,(H,50,51,52). The van der Waals surface area contributed by atoms with Crippen LogP contribution in [0.4, 0.5) is 0 Å². The summed E-state index contributed by atoms with van der Waals surface area (Å²) < 4.78 is 12.9. The van der Waals surface area contributed by atoms with Crippen LogP contribution in [0, 0.1) is 0 Å². The minimum Gasteiger partial charge on any atom is -0.456 e. The number of fused-ring (bicyclic) bond motifs is 7. The molecule has 0 amide bonds. The summed E-state index contributed by atoms with van der Waals surface area (Å²) in [6, 6.07) is 60.9. The van der Waals surface area contributed by atoms with Crippen molar-refractivity contribution in [3.63, 3.8) is 0 Å². The van der Waals surface area contributed by atoms with Crippen LogP contribution in [0.5, 0.6) is 0 Å². The van der Waals surface area contributed by atoms with E-state index < -0.39 is 6.17 Å². The number of furan rings is 2. The van der Waals surface area contributed by atoms with Gasteiger partial charge in [-0.05, 0) is 69.4 Å². The van der Waals surface area contributed by atoms with E-state index in [0.717, 1.165) is 83.1 Å². The highest BCUT2D eigenvalue weighted by Crippen LogP contribution is 2.39. The number of nitrogens with one attached hydrogen (secondary N) is 1. The fourth-order valence-corrected chi connectivity index (χ4v) is 8.04. The van der Waals surface area contributed by atoms with Gasteiger partial charge < -0.3 is 14.2 Å².